The van der Waals surface area contributed by atoms with E-state index in [-0.39, 0.29) is 18.1 Å². The number of nitrogens with one attached hydrogen (secondary N) is 2. The summed E-state index contributed by atoms with van der Waals surface area (Å²) in [5, 5.41) is 10.2. The Balaban J connectivity index is 1.77. The molecule has 1 unspecified atom stereocenters. The molecule has 0 saturated heterocycles. The molecular formula is C19H27N3OS. The van der Waals surface area contributed by atoms with Crippen LogP contribution >= 0.6 is 11.3 Å². The molecule has 2 aromatic rings. The van der Waals surface area contributed by atoms with Gasteiger partial charge in [-0.2, -0.15) is 11.3 Å². The second-order valence-electron chi connectivity index (χ2n) is 6.40. The van der Waals surface area contributed by atoms with Crippen LogP contribution in [0, 0.1) is 0 Å². The second kappa shape index (κ2) is 9.45. The third kappa shape index (κ3) is 6.34. The molecule has 130 valence electrons. The summed E-state index contributed by atoms with van der Waals surface area (Å²) in [6.07, 6.45) is 1.77. The fourth-order valence-electron chi connectivity index (χ4n) is 2.62. The van der Waals surface area contributed by atoms with Gasteiger partial charge >= 0.3 is 6.03 Å². The first-order chi connectivity index (χ1) is 11.5. The molecule has 0 aliphatic rings. The highest BCUT2D eigenvalue weighted by atomic mass is 32.1. The Bertz CT molecular complexity index is 598. The third-order valence-corrected chi connectivity index (χ3v) is 4.77. The summed E-state index contributed by atoms with van der Waals surface area (Å²) in [5.41, 5.74) is 2.55. The van der Waals surface area contributed by atoms with Crippen molar-refractivity contribution in [1.29, 1.82) is 0 Å². The van der Waals surface area contributed by atoms with Gasteiger partial charge in [0.1, 0.15) is 0 Å². The van der Waals surface area contributed by atoms with Gasteiger partial charge in [-0.3, -0.25) is 0 Å². The number of urea groups is 1. The number of hydrogen-bond acceptors (Lipinski definition) is 3. The molecule has 24 heavy (non-hydrogen) atoms. The Morgan fingerprint density at radius 2 is 1.88 bits per heavy atom. The van der Waals surface area contributed by atoms with Crippen molar-refractivity contribution >= 4 is 17.4 Å². The van der Waals surface area contributed by atoms with Crippen molar-refractivity contribution in [2.24, 2.45) is 0 Å². The van der Waals surface area contributed by atoms with Crippen molar-refractivity contribution in [3.63, 3.8) is 0 Å². The van der Waals surface area contributed by atoms with Crippen LogP contribution in [0.5, 0.6) is 0 Å². The first-order valence-corrected chi connectivity index (χ1v) is 9.24. The van der Waals surface area contributed by atoms with Gasteiger partial charge in [0.25, 0.3) is 0 Å². The lowest BCUT2D eigenvalue weighted by Crippen LogP contribution is -2.47. The van der Waals surface area contributed by atoms with Crippen LogP contribution in [0.2, 0.25) is 0 Å². The number of thiophene rings is 1. The van der Waals surface area contributed by atoms with Crippen LogP contribution < -0.4 is 10.6 Å². The molecule has 5 heteroatoms. The fraction of sp³-hybridized carbons (Fsp3) is 0.421. The Morgan fingerprint density at radius 1 is 1.12 bits per heavy atom. The van der Waals surface area contributed by atoms with Gasteiger partial charge in [-0.05, 0) is 61.8 Å². The van der Waals surface area contributed by atoms with Gasteiger partial charge < -0.3 is 15.5 Å². The maximum Gasteiger partial charge on any atom is 0.315 e. The zero-order valence-electron chi connectivity index (χ0n) is 14.7. The van der Waals surface area contributed by atoms with Gasteiger partial charge in [-0.25, -0.2) is 4.79 Å². The van der Waals surface area contributed by atoms with Crippen LogP contribution in [0.25, 0.3) is 0 Å². The quantitative estimate of drug-likeness (QED) is 0.772. The monoisotopic (exact) mass is 345 g/mol. The van der Waals surface area contributed by atoms with E-state index in [1.807, 2.05) is 39.2 Å². The van der Waals surface area contributed by atoms with Gasteiger partial charge in [0.2, 0.25) is 0 Å². The SMILES string of the molecule is C[C@@H](Cc1ccsc1)NC(=O)NCC(Cc1ccccc1)N(C)C. The van der Waals surface area contributed by atoms with Gasteiger partial charge in [-0.15, -0.1) is 0 Å². The molecule has 0 aliphatic carbocycles. The minimum absolute atomic E-state index is 0.0994. The van der Waals surface area contributed by atoms with E-state index in [1.165, 1.54) is 11.1 Å². The summed E-state index contributed by atoms with van der Waals surface area (Å²) in [6, 6.07) is 12.8. The maximum absolute atomic E-state index is 12.1. The van der Waals surface area contributed by atoms with Crippen LogP contribution in [0.3, 0.4) is 0 Å². The van der Waals surface area contributed by atoms with E-state index in [1.54, 1.807) is 11.3 Å². The molecule has 4 nitrogen and oxygen atoms in total. The molecule has 0 fully saturated rings. The lowest BCUT2D eigenvalue weighted by molar-refractivity contribution is 0.229. The van der Waals surface area contributed by atoms with Crippen molar-refractivity contribution in [2.45, 2.75) is 31.8 Å². The highest BCUT2D eigenvalue weighted by Crippen LogP contribution is 2.09. The number of carbonyl (C=O) groups is 1. The first-order valence-electron chi connectivity index (χ1n) is 8.30. The van der Waals surface area contributed by atoms with Crippen LogP contribution in [-0.4, -0.2) is 43.7 Å². The molecule has 2 N–H and O–H groups in total. The lowest BCUT2D eigenvalue weighted by Gasteiger charge is -2.25. The van der Waals surface area contributed by atoms with E-state index < -0.39 is 0 Å². The van der Waals surface area contributed by atoms with Crippen molar-refractivity contribution in [3.8, 4) is 0 Å². The maximum atomic E-state index is 12.1. The molecule has 2 amide bonds. The molecule has 1 aromatic heterocycles. The van der Waals surface area contributed by atoms with E-state index >= 15 is 0 Å². The number of benzene rings is 1. The lowest BCUT2D eigenvalue weighted by atomic mass is 10.1. The van der Waals surface area contributed by atoms with E-state index in [0.717, 1.165) is 12.8 Å². The molecular weight excluding hydrogens is 318 g/mol. The average molecular weight is 346 g/mol. The van der Waals surface area contributed by atoms with Crippen molar-refractivity contribution < 1.29 is 4.79 Å². The highest BCUT2D eigenvalue weighted by Gasteiger charge is 2.14. The molecule has 2 atom stereocenters. The van der Waals surface area contributed by atoms with Gasteiger partial charge in [0.15, 0.2) is 0 Å². The predicted octanol–water partition coefficient (Wildman–Crippen LogP) is 3.15. The number of amides is 2. The summed E-state index contributed by atoms with van der Waals surface area (Å²) < 4.78 is 0. The summed E-state index contributed by atoms with van der Waals surface area (Å²) in [7, 11) is 4.10. The molecule has 1 aromatic carbocycles. The van der Waals surface area contributed by atoms with Crippen LogP contribution in [0.4, 0.5) is 4.79 Å². The van der Waals surface area contributed by atoms with E-state index in [0.29, 0.717) is 6.54 Å². The molecule has 0 aliphatic heterocycles. The standard InChI is InChI=1S/C19H27N3OS/c1-15(11-17-9-10-24-14-17)21-19(23)20-13-18(22(2)3)12-16-7-5-4-6-8-16/h4-10,14-15,18H,11-13H2,1-3H3,(H2,20,21,23)/t15-,18?/m0/s1. The van der Waals surface area contributed by atoms with Crippen molar-refractivity contribution in [3.05, 3.63) is 58.3 Å². The zero-order valence-corrected chi connectivity index (χ0v) is 15.5. The minimum Gasteiger partial charge on any atom is -0.337 e. The largest absolute Gasteiger partial charge is 0.337 e. The van der Waals surface area contributed by atoms with E-state index in [4.69, 9.17) is 0 Å². The number of nitrogens with zero attached hydrogens (tertiary/aromatic N) is 1. The number of hydrogen-bond donors (Lipinski definition) is 2. The Kier molecular flexibility index (Phi) is 7.28. The van der Waals surface area contributed by atoms with Gasteiger partial charge in [-0.1, -0.05) is 30.3 Å². The summed E-state index contributed by atoms with van der Waals surface area (Å²) in [5.74, 6) is 0. The van der Waals surface area contributed by atoms with Crippen molar-refractivity contribution in [2.75, 3.05) is 20.6 Å². The topological polar surface area (TPSA) is 44.4 Å². The smallest absolute Gasteiger partial charge is 0.315 e. The fourth-order valence-corrected chi connectivity index (χ4v) is 3.30. The summed E-state index contributed by atoms with van der Waals surface area (Å²) >= 11 is 1.68. The normalized spacial score (nSPS) is 13.5. The molecule has 0 saturated carbocycles. The van der Waals surface area contributed by atoms with Crippen LogP contribution in [-0.2, 0) is 12.8 Å². The van der Waals surface area contributed by atoms with Crippen LogP contribution in [0.1, 0.15) is 18.1 Å². The Morgan fingerprint density at radius 3 is 2.50 bits per heavy atom. The molecule has 1 heterocycles. The van der Waals surface area contributed by atoms with Gasteiger partial charge in [0, 0.05) is 18.6 Å². The molecule has 2 rings (SSSR count). The minimum atomic E-state index is -0.0994. The molecule has 0 bridgehead atoms. The molecule has 0 radical (unpaired) electrons. The second-order valence-corrected chi connectivity index (χ2v) is 7.18. The van der Waals surface area contributed by atoms with Gasteiger partial charge in [0.05, 0.1) is 0 Å². The first kappa shape index (κ1) is 18.5. The Hall–Kier alpha value is -1.85. The summed E-state index contributed by atoms with van der Waals surface area (Å²) in [4.78, 5) is 14.3. The number of likely N-dealkylation sites (N-methyl/N-ethyl adjacent to an activating group) is 1. The Labute approximate surface area is 148 Å². The predicted molar refractivity (Wildman–Crippen MR) is 102 cm³/mol. The zero-order chi connectivity index (χ0) is 17.4. The number of rotatable bonds is 8. The summed E-state index contributed by atoms with van der Waals surface area (Å²) in [6.45, 7) is 2.66. The molecule has 0 spiro atoms. The van der Waals surface area contributed by atoms with E-state index in [9.17, 15) is 4.79 Å². The average Bonchev–Trinajstić information content (AvgIpc) is 3.04. The van der Waals surface area contributed by atoms with Crippen LogP contribution in [0.15, 0.2) is 47.2 Å². The highest BCUT2D eigenvalue weighted by molar-refractivity contribution is 7.07. The number of carbonyl (C=O) groups excluding carboxylic acids is 1. The van der Waals surface area contributed by atoms with Crippen molar-refractivity contribution in [1.82, 2.24) is 15.5 Å². The third-order valence-electron chi connectivity index (χ3n) is 4.04. The van der Waals surface area contributed by atoms with E-state index in [2.05, 4.69) is 44.5 Å².